The molecule has 0 heterocycles. The molecule has 116 valence electrons. The van der Waals surface area contributed by atoms with Gasteiger partial charge in [0.1, 0.15) is 5.75 Å². The number of rotatable bonds is 7. The highest BCUT2D eigenvalue weighted by molar-refractivity contribution is 7.87. The van der Waals surface area contributed by atoms with Crippen LogP contribution in [0.5, 0.6) is 0 Å². The molecule has 0 aromatic carbocycles. The van der Waals surface area contributed by atoms with Gasteiger partial charge in [0.15, 0.2) is 0 Å². The van der Waals surface area contributed by atoms with Crippen molar-refractivity contribution in [2.45, 2.75) is 38.3 Å². The van der Waals surface area contributed by atoms with Crippen molar-refractivity contribution in [3.63, 3.8) is 0 Å². The van der Waals surface area contributed by atoms with E-state index in [1.54, 1.807) is 13.8 Å². The zero-order valence-electron chi connectivity index (χ0n) is 10.2. The van der Waals surface area contributed by atoms with E-state index in [-0.39, 0.29) is 18.8 Å². The van der Waals surface area contributed by atoms with Crippen LogP contribution in [0.4, 0.5) is 13.2 Å². The lowest BCUT2D eigenvalue weighted by atomic mass is 10.1. The van der Waals surface area contributed by atoms with Gasteiger partial charge in [0.05, 0.1) is 6.10 Å². The molecule has 0 saturated carbocycles. The minimum absolute atomic E-state index is 0.00101. The van der Waals surface area contributed by atoms with Crippen molar-refractivity contribution >= 4 is 20.2 Å². The van der Waals surface area contributed by atoms with Gasteiger partial charge < -0.3 is 0 Å². The van der Waals surface area contributed by atoms with E-state index in [1.807, 2.05) is 0 Å². The standard InChI is InChI=1S/C8H15F3O6S2/c1-6(2)3-4-7(5-18(12,13)14)17-19(15,16)8(9,10)11/h6-7H,3-5H2,1-2H3,(H,12,13,14). The van der Waals surface area contributed by atoms with Crippen LogP contribution in [0.15, 0.2) is 0 Å². The van der Waals surface area contributed by atoms with Gasteiger partial charge in [-0.15, -0.1) is 0 Å². The van der Waals surface area contributed by atoms with E-state index in [2.05, 4.69) is 4.18 Å². The van der Waals surface area contributed by atoms with Crippen LogP contribution in [-0.4, -0.2) is 38.8 Å². The molecule has 11 heteroatoms. The summed E-state index contributed by atoms with van der Waals surface area (Å²) in [6, 6.07) is 0. The Kier molecular flexibility index (Phi) is 6.24. The highest BCUT2D eigenvalue weighted by atomic mass is 32.2. The molecular weight excluding hydrogens is 313 g/mol. The number of halogens is 3. The van der Waals surface area contributed by atoms with E-state index >= 15 is 0 Å². The summed E-state index contributed by atoms with van der Waals surface area (Å²) in [5.74, 6) is -1.21. The zero-order valence-corrected chi connectivity index (χ0v) is 11.8. The van der Waals surface area contributed by atoms with Gasteiger partial charge >= 0.3 is 15.6 Å². The molecule has 0 aliphatic carbocycles. The molecule has 6 nitrogen and oxygen atoms in total. The molecule has 0 rings (SSSR count). The molecule has 0 saturated heterocycles. The average molecular weight is 328 g/mol. The van der Waals surface area contributed by atoms with E-state index in [0.29, 0.717) is 0 Å². The maximum Gasteiger partial charge on any atom is 0.523 e. The highest BCUT2D eigenvalue weighted by Gasteiger charge is 2.48. The maximum atomic E-state index is 12.1. The zero-order chi connectivity index (χ0) is 15.5. The monoisotopic (exact) mass is 328 g/mol. The summed E-state index contributed by atoms with van der Waals surface area (Å²) in [5, 5.41) is 0. The van der Waals surface area contributed by atoms with Crippen molar-refractivity contribution in [3.05, 3.63) is 0 Å². The fraction of sp³-hybridized carbons (Fsp3) is 1.00. The smallest absolute Gasteiger partial charge is 0.285 e. The van der Waals surface area contributed by atoms with Crippen LogP contribution in [0.25, 0.3) is 0 Å². The Morgan fingerprint density at radius 3 is 1.89 bits per heavy atom. The molecular formula is C8H15F3O6S2. The largest absolute Gasteiger partial charge is 0.523 e. The van der Waals surface area contributed by atoms with Gasteiger partial charge in [0.25, 0.3) is 10.1 Å². The quantitative estimate of drug-likeness (QED) is 0.432. The van der Waals surface area contributed by atoms with Crippen LogP contribution in [0.2, 0.25) is 0 Å². The molecule has 0 fully saturated rings. The van der Waals surface area contributed by atoms with Crippen molar-refractivity contribution in [2.75, 3.05) is 5.75 Å². The molecule has 1 atom stereocenters. The lowest BCUT2D eigenvalue weighted by molar-refractivity contribution is -0.0570. The van der Waals surface area contributed by atoms with Crippen molar-refractivity contribution in [3.8, 4) is 0 Å². The van der Waals surface area contributed by atoms with Gasteiger partial charge in [-0.25, -0.2) is 0 Å². The van der Waals surface area contributed by atoms with Gasteiger partial charge in [-0.2, -0.15) is 30.0 Å². The van der Waals surface area contributed by atoms with Gasteiger partial charge in [-0.1, -0.05) is 13.8 Å². The first-order chi connectivity index (χ1) is 8.24. The summed E-state index contributed by atoms with van der Waals surface area (Å²) < 4.78 is 91.5. The Morgan fingerprint density at radius 2 is 1.58 bits per heavy atom. The van der Waals surface area contributed by atoms with Crippen molar-refractivity contribution in [2.24, 2.45) is 5.92 Å². The molecule has 0 aliphatic heterocycles. The predicted molar refractivity (Wildman–Crippen MR) is 60.3 cm³/mol. The lowest BCUT2D eigenvalue weighted by Gasteiger charge is -2.18. The van der Waals surface area contributed by atoms with E-state index < -0.39 is 37.6 Å². The van der Waals surface area contributed by atoms with Crippen molar-refractivity contribution < 1.29 is 38.7 Å². The normalized spacial score (nSPS) is 15.7. The Balaban J connectivity index is 4.96. The highest BCUT2D eigenvalue weighted by Crippen LogP contribution is 2.27. The molecule has 0 radical (unpaired) electrons. The third kappa shape index (κ3) is 7.70. The molecule has 0 aliphatic rings. The van der Waals surface area contributed by atoms with E-state index in [0.717, 1.165) is 0 Å². The summed E-state index contributed by atoms with van der Waals surface area (Å²) in [4.78, 5) is 0. The van der Waals surface area contributed by atoms with Gasteiger partial charge in [0.2, 0.25) is 0 Å². The van der Waals surface area contributed by atoms with Crippen LogP contribution in [0.1, 0.15) is 26.7 Å². The molecule has 19 heavy (non-hydrogen) atoms. The summed E-state index contributed by atoms with van der Waals surface area (Å²) in [7, 11) is -10.5. The van der Waals surface area contributed by atoms with Crippen LogP contribution in [-0.2, 0) is 24.4 Å². The van der Waals surface area contributed by atoms with E-state index in [4.69, 9.17) is 4.55 Å². The number of hydrogen-bond donors (Lipinski definition) is 1. The Labute approximate surface area is 109 Å². The summed E-state index contributed by atoms with van der Waals surface area (Å²) >= 11 is 0. The van der Waals surface area contributed by atoms with Crippen molar-refractivity contribution in [1.82, 2.24) is 0 Å². The third-order valence-electron chi connectivity index (χ3n) is 2.01. The second-order valence-electron chi connectivity index (χ2n) is 4.34. The Hall–Kier alpha value is -0.390. The van der Waals surface area contributed by atoms with Crippen LogP contribution < -0.4 is 0 Å². The molecule has 0 bridgehead atoms. The molecule has 1 unspecified atom stereocenters. The minimum Gasteiger partial charge on any atom is -0.285 e. The van der Waals surface area contributed by atoms with E-state index in [9.17, 15) is 30.0 Å². The minimum atomic E-state index is -5.89. The second kappa shape index (κ2) is 6.37. The Morgan fingerprint density at radius 1 is 1.11 bits per heavy atom. The molecule has 1 N–H and O–H groups in total. The molecule has 0 amide bonds. The van der Waals surface area contributed by atoms with Gasteiger partial charge in [-0.05, 0) is 18.8 Å². The average Bonchev–Trinajstić information content (AvgIpc) is 2.09. The molecule has 0 spiro atoms. The fourth-order valence-electron chi connectivity index (χ4n) is 1.15. The summed E-state index contributed by atoms with van der Waals surface area (Å²) in [6.45, 7) is 3.42. The van der Waals surface area contributed by atoms with Gasteiger partial charge in [-0.3, -0.25) is 8.74 Å². The maximum absolute atomic E-state index is 12.1. The topological polar surface area (TPSA) is 97.7 Å². The SMILES string of the molecule is CC(C)CCC(CS(=O)(=O)O)OS(=O)(=O)C(F)(F)F. The predicted octanol–water partition coefficient (Wildman–Crippen LogP) is 1.55. The lowest BCUT2D eigenvalue weighted by Crippen LogP contribution is -2.33. The van der Waals surface area contributed by atoms with Crippen LogP contribution in [0.3, 0.4) is 0 Å². The number of alkyl halides is 3. The first kappa shape index (κ1) is 18.6. The number of hydrogen-bond acceptors (Lipinski definition) is 5. The third-order valence-corrected chi connectivity index (χ3v) is 3.89. The van der Waals surface area contributed by atoms with Crippen LogP contribution >= 0.6 is 0 Å². The fourth-order valence-corrected chi connectivity index (χ4v) is 2.57. The first-order valence-corrected chi connectivity index (χ1v) is 8.21. The first-order valence-electron chi connectivity index (χ1n) is 5.19. The molecule has 0 aromatic heterocycles. The molecule has 0 aromatic rings. The van der Waals surface area contributed by atoms with Crippen LogP contribution in [0, 0.1) is 5.92 Å². The summed E-state index contributed by atoms with van der Waals surface area (Å²) in [5.41, 5.74) is -5.64. The van der Waals surface area contributed by atoms with Gasteiger partial charge in [0, 0.05) is 0 Å². The second-order valence-corrected chi connectivity index (χ2v) is 7.40. The van der Waals surface area contributed by atoms with E-state index in [1.165, 1.54) is 0 Å². The van der Waals surface area contributed by atoms with Crippen molar-refractivity contribution in [1.29, 1.82) is 0 Å². The Bertz CT molecular complexity index is 479. The summed E-state index contributed by atoms with van der Waals surface area (Å²) in [6.07, 6.45) is -1.77.